The quantitative estimate of drug-likeness (QED) is 0.587. The van der Waals surface area contributed by atoms with E-state index in [9.17, 15) is 22.8 Å². The molecule has 0 radical (unpaired) electrons. The van der Waals surface area contributed by atoms with E-state index in [4.69, 9.17) is 0 Å². The molecular weight excluding hydrogens is 477 g/mol. The van der Waals surface area contributed by atoms with Gasteiger partial charge in [0.1, 0.15) is 29.0 Å². The molecule has 6 nitrogen and oxygen atoms in total. The van der Waals surface area contributed by atoms with E-state index < -0.39 is 17.9 Å². The van der Waals surface area contributed by atoms with Crippen LogP contribution in [0.3, 0.4) is 0 Å². The summed E-state index contributed by atoms with van der Waals surface area (Å²) in [6.07, 6.45) is 0.740. The van der Waals surface area contributed by atoms with E-state index in [1.807, 2.05) is 5.41 Å². The lowest BCUT2D eigenvalue weighted by molar-refractivity contribution is -0.129. The van der Waals surface area contributed by atoms with Crippen LogP contribution < -0.4 is 16.0 Å². The molecule has 0 spiro atoms. The Labute approximate surface area is 205 Å². The molecule has 184 valence electrons. The average Bonchev–Trinajstić information content (AvgIpc) is 3.27. The standard InChI is InChI=1S/C25H25F3N4O2S/c26-16-9-14(10-17(27)11-16)12-29-23(33)15-5-7-32(8-6-15)25-30-21-19(13-35-22(21)24(34)31-25)18-3-1-2-4-20(18)28/h1-4,9-11,13,15,21-22,25,30H,5-8,12H2,(H,29,33)(H,31,34). The molecule has 0 bridgehead atoms. The van der Waals surface area contributed by atoms with Crippen molar-refractivity contribution in [1.29, 1.82) is 0 Å². The van der Waals surface area contributed by atoms with Crippen molar-refractivity contribution in [3.8, 4) is 0 Å². The van der Waals surface area contributed by atoms with Gasteiger partial charge in [0, 0.05) is 37.2 Å². The van der Waals surface area contributed by atoms with Crippen molar-refractivity contribution in [2.24, 2.45) is 5.92 Å². The number of hydrogen-bond acceptors (Lipinski definition) is 5. The van der Waals surface area contributed by atoms with Gasteiger partial charge in [-0.2, -0.15) is 0 Å². The van der Waals surface area contributed by atoms with Crippen LogP contribution in [0.4, 0.5) is 13.2 Å². The maximum atomic E-state index is 14.4. The van der Waals surface area contributed by atoms with Crippen molar-refractivity contribution in [3.05, 3.63) is 76.5 Å². The van der Waals surface area contributed by atoms with E-state index in [0.717, 1.165) is 11.6 Å². The highest BCUT2D eigenvalue weighted by Crippen LogP contribution is 2.39. The summed E-state index contributed by atoms with van der Waals surface area (Å²) in [6, 6.07) is 9.41. The van der Waals surface area contributed by atoms with E-state index in [1.54, 1.807) is 18.2 Å². The third-order valence-electron chi connectivity index (χ3n) is 6.69. The molecule has 2 aromatic carbocycles. The summed E-state index contributed by atoms with van der Waals surface area (Å²) in [5, 5.41) is 10.7. The molecule has 3 N–H and O–H groups in total. The smallest absolute Gasteiger partial charge is 0.237 e. The van der Waals surface area contributed by atoms with Gasteiger partial charge in [-0.3, -0.25) is 19.8 Å². The minimum absolute atomic E-state index is 0.0554. The highest BCUT2D eigenvalue weighted by Gasteiger charge is 2.44. The highest BCUT2D eigenvalue weighted by molar-refractivity contribution is 8.04. The van der Waals surface area contributed by atoms with E-state index in [2.05, 4.69) is 20.9 Å². The fourth-order valence-electron chi connectivity index (χ4n) is 4.87. The Bertz CT molecular complexity index is 1150. The number of nitrogens with one attached hydrogen (secondary N) is 3. The predicted molar refractivity (Wildman–Crippen MR) is 127 cm³/mol. The lowest BCUT2D eigenvalue weighted by Gasteiger charge is -2.43. The lowest BCUT2D eigenvalue weighted by atomic mass is 9.94. The fourth-order valence-corrected chi connectivity index (χ4v) is 6.01. The van der Waals surface area contributed by atoms with Crippen molar-refractivity contribution in [1.82, 2.24) is 20.9 Å². The molecule has 5 rings (SSSR count). The number of amides is 2. The maximum Gasteiger partial charge on any atom is 0.237 e. The molecule has 35 heavy (non-hydrogen) atoms. The number of halogens is 3. The van der Waals surface area contributed by atoms with Gasteiger partial charge >= 0.3 is 0 Å². The summed E-state index contributed by atoms with van der Waals surface area (Å²) in [7, 11) is 0. The number of carbonyl (C=O) groups is 2. The van der Waals surface area contributed by atoms with Crippen molar-refractivity contribution in [2.45, 2.75) is 37.0 Å². The number of hydrogen-bond donors (Lipinski definition) is 3. The zero-order chi connectivity index (χ0) is 24.5. The number of rotatable bonds is 5. The SMILES string of the molecule is O=C(NCc1cc(F)cc(F)c1)C1CCN(C2NC(=O)C3SC=C(c4ccccc4F)C3N2)CC1. The first-order valence-corrected chi connectivity index (χ1v) is 12.5. The topological polar surface area (TPSA) is 73.5 Å². The zero-order valence-electron chi connectivity index (χ0n) is 18.8. The largest absolute Gasteiger partial charge is 0.352 e. The van der Waals surface area contributed by atoms with Gasteiger partial charge in [-0.05, 0) is 47.6 Å². The van der Waals surface area contributed by atoms with E-state index in [1.165, 1.54) is 30.0 Å². The van der Waals surface area contributed by atoms with Gasteiger partial charge in [0.05, 0.1) is 6.04 Å². The van der Waals surface area contributed by atoms with Gasteiger partial charge in [-0.1, -0.05) is 18.2 Å². The van der Waals surface area contributed by atoms with E-state index in [0.29, 0.717) is 37.1 Å². The Hall–Kier alpha value is -2.82. The number of nitrogens with zero attached hydrogens (tertiary/aromatic N) is 1. The Morgan fingerprint density at radius 3 is 2.51 bits per heavy atom. The van der Waals surface area contributed by atoms with Crippen LogP contribution >= 0.6 is 11.8 Å². The normalized spacial score (nSPS) is 25.1. The van der Waals surface area contributed by atoms with Gasteiger partial charge in [-0.25, -0.2) is 13.2 Å². The minimum Gasteiger partial charge on any atom is -0.352 e. The van der Waals surface area contributed by atoms with Gasteiger partial charge in [-0.15, -0.1) is 11.8 Å². The Balaban J connectivity index is 1.17. The monoisotopic (exact) mass is 502 g/mol. The van der Waals surface area contributed by atoms with Crippen LogP contribution in [0, 0.1) is 23.4 Å². The molecule has 3 heterocycles. The highest BCUT2D eigenvalue weighted by atomic mass is 32.2. The van der Waals surface area contributed by atoms with Crippen molar-refractivity contribution < 1.29 is 22.8 Å². The second-order valence-electron chi connectivity index (χ2n) is 8.97. The third-order valence-corrected chi connectivity index (χ3v) is 7.86. The molecule has 2 aromatic rings. The number of thioether (sulfide) groups is 1. The van der Waals surface area contributed by atoms with Crippen LogP contribution in [0.1, 0.15) is 24.0 Å². The van der Waals surface area contributed by atoms with Crippen molar-refractivity contribution in [2.75, 3.05) is 13.1 Å². The molecule has 3 atom stereocenters. The molecule has 0 saturated carbocycles. The summed E-state index contributed by atoms with van der Waals surface area (Å²) < 4.78 is 41.1. The number of fused-ring (bicyclic) bond motifs is 1. The van der Waals surface area contributed by atoms with E-state index in [-0.39, 0.29) is 41.4 Å². The maximum absolute atomic E-state index is 14.4. The van der Waals surface area contributed by atoms with Crippen molar-refractivity contribution in [3.63, 3.8) is 0 Å². The molecule has 10 heteroatoms. The molecule has 3 unspecified atom stereocenters. The van der Waals surface area contributed by atoms with Crippen LogP contribution in [0.2, 0.25) is 0 Å². The van der Waals surface area contributed by atoms with Crippen LogP contribution in [0.5, 0.6) is 0 Å². The predicted octanol–water partition coefficient (Wildman–Crippen LogP) is 2.96. The Kier molecular flexibility index (Phi) is 6.86. The number of benzene rings is 2. The summed E-state index contributed by atoms with van der Waals surface area (Å²) >= 11 is 1.38. The average molecular weight is 503 g/mol. The van der Waals surface area contributed by atoms with E-state index >= 15 is 0 Å². The molecule has 3 aliphatic rings. The van der Waals surface area contributed by atoms with Crippen molar-refractivity contribution >= 4 is 29.1 Å². The molecular formula is C25H25F3N4O2S. The lowest BCUT2D eigenvalue weighted by Crippen LogP contribution is -2.68. The van der Waals surface area contributed by atoms with Crippen LogP contribution in [0.15, 0.2) is 47.9 Å². The van der Waals surface area contributed by atoms with Gasteiger partial charge in [0.15, 0.2) is 0 Å². The molecule has 3 aliphatic heterocycles. The third kappa shape index (κ3) is 5.10. The minimum atomic E-state index is -0.680. The second-order valence-corrected chi connectivity index (χ2v) is 9.99. The number of carbonyl (C=O) groups excluding carboxylic acids is 2. The second kappa shape index (κ2) is 10.0. The number of likely N-dealkylation sites (tertiary alicyclic amines) is 1. The molecule has 2 fully saturated rings. The fraction of sp³-hybridized carbons (Fsp3) is 0.360. The Morgan fingerprint density at radius 2 is 1.80 bits per heavy atom. The van der Waals surface area contributed by atoms with Crippen LogP contribution in [0.25, 0.3) is 5.57 Å². The van der Waals surface area contributed by atoms with Gasteiger partial charge < -0.3 is 10.6 Å². The summed E-state index contributed by atoms with van der Waals surface area (Å²) in [5.74, 6) is -2.17. The number of piperidine rings is 1. The first-order valence-electron chi connectivity index (χ1n) is 11.5. The van der Waals surface area contributed by atoms with Crippen LogP contribution in [-0.2, 0) is 16.1 Å². The summed E-state index contributed by atoms with van der Waals surface area (Å²) in [5.41, 5.74) is 1.62. The molecule has 2 saturated heterocycles. The first-order chi connectivity index (χ1) is 16.9. The Morgan fingerprint density at radius 1 is 1.09 bits per heavy atom. The molecule has 0 aliphatic carbocycles. The van der Waals surface area contributed by atoms with Crippen LogP contribution in [-0.4, -0.2) is 47.4 Å². The van der Waals surface area contributed by atoms with Gasteiger partial charge in [0.25, 0.3) is 0 Å². The molecule has 0 aromatic heterocycles. The van der Waals surface area contributed by atoms with Gasteiger partial charge in [0.2, 0.25) is 11.8 Å². The molecule has 2 amide bonds. The zero-order valence-corrected chi connectivity index (χ0v) is 19.6. The summed E-state index contributed by atoms with van der Waals surface area (Å²) in [6.45, 7) is 1.21. The summed E-state index contributed by atoms with van der Waals surface area (Å²) in [4.78, 5) is 27.5. The first kappa shape index (κ1) is 23.9.